The highest BCUT2D eigenvalue weighted by Crippen LogP contribution is 2.24. The van der Waals surface area contributed by atoms with Gasteiger partial charge in [-0.1, -0.05) is 6.07 Å². The van der Waals surface area contributed by atoms with Crippen LogP contribution in [0.25, 0.3) is 0 Å². The van der Waals surface area contributed by atoms with Crippen molar-refractivity contribution in [3.05, 3.63) is 58.6 Å². The van der Waals surface area contributed by atoms with Crippen molar-refractivity contribution < 1.29 is 13.6 Å². The van der Waals surface area contributed by atoms with Crippen molar-refractivity contribution in [3.8, 4) is 0 Å². The van der Waals surface area contributed by atoms with Crippen molar-refractivity contribution in [2.75, 3.05) is 17.2 Å². The fraction of sp³-hybridized carbons (Fsp3) is 0.0714. The molecule has 0 atom stereocenters. The Morgan fingerprint density at radius 1 is 1.10 bits per heavy atom. The van der Waals surface area contributed by atoms with E-state index < -0.39 is 5.82 Å². The van der Waals surface area contributed by atoms with Gasteiger partial charge in [0.15, 0.2) is 0 Å². The molecule has 0 unspecified atom stereocenters. The molecule has 20 heavy (non-hydrogen) atoms. The molecule has 0 aliphatic rings. The normalized spacial score (nSPS) is 10.2. The van der Waals surface area contributed by atoms with Gasteiger partial charge in [0.2, 0.25) is 5.91 Å². The molecule has 0 heterocycles. The van der Waals surface area contributed by atoms with Crippen LogP contribution >= 0.6 is 15.9 Å². The van der Waals surface area contributed by atoms with Crippen molar-refractivity contribution in [1.29, 1.82) is 0 Å². The molecule has 2 rings (SSSR count). The monoisotopic (exact) mass is 340 g/mol. The first-order valence-corrected chi connectivity index (χ1v) is 6.59. The van der Waals surface area contributed by atoms with E-state index >= 15 is 0 Å². The summed E-state index contributed by atoms with van der Waals surface area (Å²) in [5.74, 6) is -1.18. The van der Waals surface area contributed by atoms with E-state index in [-0.39, 0.29) is 24.0 Å². The number of benzene rings is 2. The summed E-state index contributed by atoms with van der Waals surface area (Å²) in [6, 6.07) is 9.92. The number of amides is 1. The van der Waals surface area contributed by atoms with E-state index in [0.29, 0.717) is 10.2 Å². The Kier molecular flexibility index (Phi) is 4.68. The van der Waals surface area contributed by atoms with E-state index in [2.05, 4.69) is 26.6 Å². The molecule has 2 aromatic carbocycles. The average molecular weight is 341 g/mol. The van der Waals surface area contributed by atoms with Crippen LogP contribution in [0, 0.1) is 11.6 Å². The van der Waals surface area contributed by atoms with E-state index in [0.717, 1.165) is 0 Å². The topological polar surface area (TPSA) is 41.1 Å². The number of hydrogen-bond donors (Lipinski definition) is 2. The van der Waals surface area contributed by atoms with Gasteiger partial charge in [-0.05, 0) is 52.3 Å². The molecule has 2 aromatic rings. The van der Waals surface area contributed by atoms with Crippen LogP contribution in [-0.4, -0.2) is 12.5 Å². The number of anilines is 2. The summed E-state index contributed by atoms with van der Waals surface area (Å²) >= 11 is 3.20. The number of rotatable bonds is 4. The maximum atomic E-state index is 13.5. The maximum absolute atomic E-state index is 13.5. The summed E-state index contributed by atoms with van der Waals surface area (Å²) < 4.78 is 26.8. The summed E-state index contributed by atoms with van der Waals surface area (Å²) in [5.41, 5.74) is 0.701. The molecule has 0 bridgehead atoms. The number of halogens is 3. The Balaban J connectivity index is 1.94. The van der Waals surface area contributed by atoms with Gasteiger partial charge in [0.25, 0.3) is 0 Å². The van der Waals surface area contributed by atoms with Gasteiger partial charge in [0, 0.05) is 10.2 Å². The predicted octanol–water partition coefficient (Wildman–Crippen LogP) is 3.78. The third-order valence-electron chi connectivity index (χ3n) is 2.52. The highest BCUT2D eigenvalue weighted by Gasteiger charge is 2.08. The molecule has 2 N–H and O–H groups in total. The Labute approximate surface area is 123 Å². The molecule has 0 aliphatic carbocycles. The number of hydrogen-bond acceptors (Lipinski definition) is 2. The molecule has 0 aliphatic heterocycles. The Morgan fingerprint density at radius 2 is 1.80 bits per heavy atom. The minimum Gasteiger partial charge on any atom is -0.373 e. The quantitative estimate of drug-likeness (QED) is 0.889. The predicted molar refractivity (Wildman–Crippen MR) is 77.6 cm³/mol. The zero-order valence-electron chi connectivity index (χ0n) is 10.3. The van der Waals surface area contributed by atoms with Gasteiger partial charge in [-0.15, -0.1) is 0 Å². The molecule has 3 nitrogen and oxygen atoms in total. The third kappa shape index (κ3) is 3.77. The lowest BCUT2D eigenvalue weighted by Crippen LogP contribution is -2.22. The van der Waals surface area contributed by atoms with E-state index in [1.807, 2.05) is 0 Å². The molecule has 6 heteroatoms. The number of carbonyl (C=O) groups is 1. The van der Waals surface area contributed by atoms with E-state index in [9.17, 15) is 13.6 Å². The van der Waals surface area contributed by atoms with Gasteiger partial charge < -0.3 is 10.6 Å². The molecule has 0 fully saturated rings. The molecule has 0 saturated carbocycles. The van der Waals surface area contributed by atoms with Crippen molar-refractivity contribution in [1.82, 2.24) is 0 Å². The van der Waals surface area contributed by atoms with E-state index in [4.69, 9.17) is 0 Å². The average Bonchev–Trinajstić information content (AvgIpc) is 2.41. The minimum absolute atomic E-state index is 0.100. The summed E-state index contributed by atoms with van der Waals surface area (Å²) in [7, 11) is 0. The number of carbonyl (C=O) groups excluding carboxylic acids is 1. The first-order valence-electron chi connectivity index (χ1n) is 5.79. The zero-order valence-corrected chi connectivity index (χ0v) is 11.9. The Hall–Kier alpha value is -1.95. The van der Waals surface area contributed by atoms with Crippen LogP contribution in [-0.2, 0) is 4.79 Å². The highest BCUT2D eigenvalue weighted by molar-refractivity contribution is 9.10. The smallest absolute Gasteiger partial charge is 0.243 e. The first-order chi connectivity index (χ1) is 9.56. The first kappa shape index (κ1) is 14.5. The number of nitrogens with one attached hydrogen (secondary N) is 2. The van der Waals surface area contributed by atoms with E-state index in [1.165, 1.54) is 30.3 Å². The number of para-hydroxylation sites is 1. The highest BCUT2D eigenvalue weighted by atomic mass is 79.9. The van der Waals surface area contributed by atoms with Gasteiger partial charge in [-0.25, -0.2) is 8.78 Å². The Morgan fingerprint density at radius 3 is 2.45 bits per heavy atom. The van der Waals surface area contributed by atoms with Crippen LogP contribution in [0.15, 0.2) is 46.9 Å². The second-order valence-corrected chi connectivity index (χ2v) is 4.86. The summed E-state index contributed by atoms with van der Waals surface area (Å²) in [6.07, 6.45) is 0. The Bertz CT molecular complexity index is 597. The molecular formula is C14H11BrF2N2O. The lowest BCUT2D eigenvalue weighted by molar-refractivity contribution is -0.114. The third-order valence-corrected chi connectivity index (χ3v) is 3.18. The summed E-state index contributed by atoms with van der Waals surface area (Å²) in [4.78, 5) is 11.7. The molecule has 0 aromatic heterocycles. The van der Waals surface area contributed by atoms with Gasteiger partial charge in [-0.3, -0.25) is 4.79 Å². The van der Waals surface area contributed by atoms with Crippen molar-refractivity contribution in [3.63, 3.8) is 0 Å². The molecular weight excluding hydrogens is 330 g/mol. The standard InChI is InChI=1S/C14H11BrF2N2O/c15-11-2-1-3-12(17)14(11)18-8-13(20)19-10-6-4-9(16)5-7-10/h1-7,18H,8H2,(H,19,20). The van der Waals surface area contributed by atoms with Crippen LogP contribution in [0.4, 0.5) is 20.2 Å². The fourth-order valence-corrected chi connectivity index (χ4v) is 2.06. The molecule has 1 amide bonds. The van der Waals surface area contributed by atoms with Gasteiger partial charge in [0.05, 0.1) is 12.2 Å². The van der Waals surface area contributed by atoms with Crippen LogP contribution in [0.5, 0.6) is 0 Å². The van der Waals surface area contributed by atoms with Crippen LogP contribution < -0.4 is 10.6 Å². The molecule has 0 spiro atoms. The molecule has 0 radical (unpaired) electrons. The molecule has 104 valence electrons. The summed E-state index contributed by atoms with van der Waals surface area (Å²) in [5, 5.41) is 5.28. The van der Waals surface area contributed by atoms with Gasteiger partial charge in [-0.2, -0.15) is 0 Å². The minimum atomic E-state index is -0.450. The lowest BCUT2D eigenvalue weighted by Gasteiger charge is -2.10. The largest absolute Gasteiger partial charge is 0.373 e. The summed E-state index contributed by atoms with van der Waals surface area (Å²) in [6.45, 7) is -0.100. The second kappa shape index (κ2) is 6.47. The van der Waals surface area contributed by atoms with Crippen LogP contribution in [0.1, 0.15) is 0 Å². The van der Waals surface area contributed by atoms with Gasteiger partial charge in [0.1, 0.15) is 11.6 Å². The van der Waals surface area contributed by atoms with Crippen molar-refractivity contribution in [2.24, 2.45) is 0 Å². The maximum Gasteiger partial charge on any atom is 0.243 e. The lowest BCUT2D eigenvalue weighted by atomic mass is 10.3. The van der Waals surface area contributed by atoms with Crippen molar-refractivity contribution >= 4 is 33.2 Å². The zero-order chi connectivity index (χ0) is 14.5. The molecule has 0 saturated heterocycles. The second-order valence-electron chi connectivity index (χ2n) is 4.01. The fourth-order valence-electron chi connectivity index (χ4n) is 1.57. The van der Waals surface area contributed by atoms with E-state index in [1.54, 1.807) is 12.1 Å². The van der Waals surface area contributed by atoms with Crippen LogP contribution in [0.2, 0.25) is 0 Å². The van der Waals surface area contributed by atoms with Gasteiger partial charge >= 0.3 is 0 Å². The van der Waals surface area contributed by atoms with Crippen LogP contribution in [0.3, 0.4) is 0 Å². The SMILES string of the molecule is O=C(CNc1c(F)cccc1Br)Nc1ccc(F)cc1. The van der Waals surface area contributed by atoms with Crippen molar-refractivity contribution in [2.45, 2.75) is 0 Å².